The molecule has 1 aromatic heterocycles. The van der Waals surface area contributed by atoms with E-state index in [1.807, 2.05) is 6.07 Å². The van der Waals surface area contributed by atoms with E-state index < -0.39 is 10.8 Å². The van der Waals surface area contributed by atoms with Crippen LogP contribution in [-0.2, 0) is 11.3 Å². The predicted molar refractivity (Wildman–Crippen MR) is 73.4 cm³/mol. The van der Waals surface area contributed by atoms with E-state index in [1.165, 1.54) is 17.8 Å². The Labute approximate surface area is 119 Å². The minimum absolute atomic E-state index is 0.139. The van der Waals surface area contributed by atoms with Gasteiger partial charge in [0.05, 0.1) is 16.2 Å². The number of aryl methyl sites for hydroxylation is 1. The van der Waals surface area contributed by atoms with E-state index in [0.29, 0.717) is 11.3 Å². The minimum atomic E-state index is -0.554. The molecule has 0 aliphatic carbocycles. The zero-order valence-electron chi connectivity index (χ0n) is 11.1. The quantitative estimate of drug-likeness (QED) is 0.677. The summed E-state index contributed by atoms with van der Waals surface area (Å²) in [5.41, 5.74) is 0.835. The lowest BCUT2D eigenvalue weighted by Crippen LogP contribution is -2.19. The summed E-state index contributed by atoms with van der Waals surface area (Å²) in [5.74, 6) is -0.421. The number of carbonyl (C=O) groups is 1. The predicted octanol–water partition coefficient (Wildman–Crippen LogP) is 1.61. The van der Waals surface area contributed by atoms with Gasteiger partial charge in [0.15, 0.2) is 0 Å². The third-order valence-electron chi connectivity index (χ3n) is 2.74. The summed E-state index contributed by atoms with van der Waals surface area (Å²) < 4.78 is 1.19. The molecular formula is C13H11N5O3. The Hall–Kier alpha value is -3.21. The van der Waals surface area contributed by atoms with Gasteiger partial charge in [0, 0.05) is 0 Å². The van der Waals surface area contributed by atoms with Crippen LogP contribution in [-0.4, -0.2) is 20.6 Å². The fourth-order valence-electron chi connectivity index (χ4n) is 1.79. The van der Waals surface area contributed by atoms with Crippen molar-refractivity contribution in [1.82, 2.24) is 9.78 Å². The summed E-state index contributed by atoms with van der Waals surface area (Å²) in [6, 6.07) is 8.54. The van der Waals surface area contributed by atoms with Crippen LogP contribution < -0.4 is 5.32 Å². The highest BCUT2D eigenvalue weighted by Gasteiger charge is 2.16. The highest BCUT2D eigenvalue weighted by molar-refractivity contribution is 5.91. The average Bonchev–Trinajstić information content (AvgIpc) is 2.80. The van der Waals surface area contributed by atoms with Gasteiger partial charge in [-0.2, -0.15) is 10.4 Å². The molecule has 2 aromatic rings. The Bertz CT molecular complexity index is 745. The Morgan fingerprint density at radius 2 is 2.24 bits per heavy atom. The lowest BCUT2D eigenvalue weighted by atomic mass is 10.2. The molecule has 8 nitrogen and oxygen atoms in total. The van der Waals surface area contributed by atoms with Crippen molar-refractivity contribution >= 4 is 17.3 Å². The van der Waals surface area contributed by atoms with Crippen LogP contribution in [0.25, 0.3) is 0 Å². The van der Waals surface area contributed by atoms with E-state index in [2.05, 4.69) is 10.4 Å². The second-order valence-electron chi connectivity index (χ2n) is 4.26. The number of carbonyl (C=O) groups excluding carboxylic acids is 1. The average molecular weight is 285 g/mol. The molecule has 0 unspecified atom stereocenters. The molecule has 1 aromatic carbocycles. The van der Waals surface area contributed by atoms with E-state index in [0.717, 1.165) is 0 Å². The van der Waals surface area contributed by atoms with Gasteiger partial charge < -0.3 is 5.32 Å². The van der Waals surface area contributed by atoms with Crippen LogP contribution in [0.5, 0.6) is 0 Å². The van der Waals surface area contributed by atoms with Crippen molar-refractivity contribution in [1.29, 1.82) is 5.26 Å². The number of para-hydroxylation sites is 1. The number of aromatic nitrogens is 2. The molecule has 0 atom stereocenters. The number of benzene rings is 1. The maximum absolute atomic E-state index is 11.9. The third kappa shape index (κ3) is 3.22. The van der Waals surface area contributed by atoms with Crippen LogP contribution in [0.3, 0.4) is 0 Å². The van der Waals surface area contributed by atoms with Crippen molar-refractivity contribution < 1.29 is 9.72 Å². The van der Waals surface area contributed by atoms with Crippen LogP contribution in [0.1, 0.15) is 11.3 Å². The summed E-state index contributed by atoms with van der Waals surface area (Å²) in [4.78, 5) is 22.0. The number of nitro groups is 1. The van der Waals surface area contributed by atoms with Gasteiger partial charge in [-0.25, -0.2) is 0 Å². The van der Waals surface area contributed by atoms with Gasteiger partial charge in [-0.1, -0.05) is 12.1 Å². The molecule has 106 valence electrons. The lowest BCUT2D eigenvalue weighted by Gasteiger charge is -2.06. The van der Waals surface area contributed by atoms with Crippen LogP contribution in [0.4, 0.5) is 11.4 Å². The molecular weight excluding hydrogens is 274 g/mol. The highest BCUT2D eigenvalue weighted by atomic mass is 16.6. The molecule has 0 fully saturated rings. The Morgan fingerprint density at radius 3 is 2.86 bits per heavy atom. The molecule has 0 saturated carbocycles. The molecule has 1 N–H and O–H groups in total. The maximum Gasteiger partial charge on any atom is 0.309 e. The number of rotatable bonds is 4. The van der Waals surface area contributed by atoms with Crippen molar-refractivity contribution in [2.45, 2.75) is 13.5 Å². The standard InChI is InChI=1S/C13H11N5O3/c1-9-12(18(20)21)7-17(16-9)8-13(19)15-11-5-3-2-4-10(11)6-14/h2-5,7H,8H2,1H3,(H,15,19). The van der Waals surface area contributed by atoms with Crippen LogP contribution in [0.15, 0.2) is 30.5 Å². The molecule has 0 bridgehead atoms. The summed E-state index contributed by atoms with van der Waals surface area (Å²) in [6.07, 6.45) is 1.20. The van der Waals surface area contributed by atoms with Crippen molar-refractivity contribution in [3.8, 4) is 6.07 Å². The molecule has 8 heteroatoms. The lowest BCUT2D eigenvalue weighted by molar-refractivity contribution is -0.385. The summed E-state index contributed by atoms with van der Waals surface area (Å²) >= 11 is 0. The summed E-state index contributed by atoms with van der Waals surface area (Å²) in [7, 11) is 0. The highest BCUT2D eigenvalue weighted by Crippen LogP contribution is 2.16. The maximum atomic E-state index is 11.9. The Kier molecular flexibility index (Phi) is 3.95. The molecule has 2 rings (SSSR count). The van der Waals surface area contributed by atoms with Crippen molar-refractivity contribution in [3.63, 3.8) is 0 Å². The van der Waals surface area contributed by atoms with Crippen LogP contribution >= 0.6 is 0 Å². The number of hydrogen-bond acceptors (Lipinski definition) is 5. The normalized spacial score (nSPS) is 9.90. The largest absolute Gasteiger partial charge is 0.323 e. The van der Waals surface area contributed by atoms with E-state index in [1.54, 1.807) is 24.3 Å². The van der Waals surface area contributed by atoms with Gasteiger partial charge in [-0.3, -0.25) is 19.6 Å². The number of nitrogens with one attached hydrogen (secondary N) is 1. The Balaban J connectivity index is 2.10. The zero-order valence-corrected chi connectivity index (χ0v) is 11.1. The van der Waals surface area contributed by atoms with E-state index in [-0.39, 0.29) is 17.9 Å². The first kappa shape index (κ1) is 14.2. The number of nitrogens with zero attached hydrogens (tertiary/aromatic N) is 4. The van der Waals surface area contributed by atoms with Crippen molar-refractivity contribution in [2.24, 2.45) is 0 Å². The number of hydrogen-bond donors (Lipinski definition) is 1. The van der Waals surface area contributed by atoms with E-state index in [4.69, 9.17) is 5.26 Å². The topological polar surface area (TPSA) is 114 Å². The van der Waals surface area contributed by atoms with E-state index in [9.17, 15) is 14.9 Å². The second-order valence-corrected chi connectivity index (χ2v) is 4.26. The monoisotopic (exact) mass is 285 g/mol. The number of nitriles is 1. The van der Waals surface area contributed by atoms with E-state index >= 15 is 0 Å². The molecule has 0 radical (unpaired) electrons. The molecule has 1 heterocycles. The van der Waals surface area contributed by atoms with Gasteiger partial charge in [0.1, 0.15) is 24.5 Å². The van der Waals surface area contributed by atoms with Gasteiger partial charge in [-0.05, 0) is 19.1 Å². The summed E-state index contributed by atoms with van der Waals surface area (Å²) in [5, 5.41) is 26.1. The minimum Gasteiger partial charge on any atom is -0.323 e. The smallest absolute Gasteiger partial charge is 0.309 e. The van der Waals surface area contributed by atoms with Gasteiger partial charge >= 0.3 is 5.69 Å². The molecule has 21 heavy (non-hydrogen) atoms. The first-order valence-electron chi connectivity index (χ1n) is 5.98. The molecule has 0 saturated heterocycles. The number of anilines is 1. The second kappa shape index (κ2) is 5.83. The van der Waals surface area contributed by atoms with Crippen LogP contribution in [0.2, 0.25) is 0 Å². The molecule has 0 aliphatic heterocycles. The number of amides is 1. The molecule has 1 amide bonds. The fourth-order valence-corrected chi connectivity index (χ4v) is 1.79. The Morgan fingerprint density at radius 1 is 1.52 bits per heavy atom. The first-order chi connectivity index (χ1) is 10.0. The molecule has 0 spiro atoms. The SMILES string of the molecule is Cc1nn(CC(=O)Nc2ccccc2C#N)cc1[N+](=O)[O-]. The third-order valence-corrected chi connectivity index (χ3v) is 2.74. The first-order valence-corrected chi connectivity index (χ1v) is 5.98. The van der Waals surface area contributed by atoms with Gasteiger partial charge in [0.25, 0.3) is 0 Å². The van der Waals surface area contributed by atoms with Crippen molar-refractivity contribution in [2.75, 3.05) is 5.32 Å². The zero-order chi connectivity index (χ0) is 15.4. The van der Waals surface area contributed by atoms with Gasteiger partial charge in [0.2, 0.25) is 5.91 Å². The fraction of sp³-hybridized carbons (Fsp3) is 0.154. The van der Waals surface area contributed by atoms with Gasteiger partial charge in [-0.15, -0.1) is 0 Å². The molecule has 0 aliphatic rings. The van der Waals surface area contributed by atoms with Crippen LogP contribution in [0, 0.1) is 28.4 Å². The van der Waals surface area contributed by atoms with Crippen molar-refractivity contribution in [3.05, 3.63) is 51.8 Å². The summed E-state index contributed by atoms with van der Waals surface area (Å²) in [6.45, 7) is 1.33.